The van der Waals surface area contributed by atoms with Crippen molar-refractivity contribution in [1.82, 2.24) is 14.9 Å². The number of carbonyl (C=O) groups excluding carboxylic acids is 2. The summed E-state index contributed by atoms with van der Waals surface area (Å²) in [5.41, 5.74) is -0.484. The van der Waals surface area contributed by atoms with E-state index in [2.05, 4.69) is 20.0 Å². The summed E-state index contributed by atoms with van der Waals surface area (Å²) in [4.78, 5) is 37.0. The van der Waals surface area contributed by atoms with E-state index in [4.69, 9.17) is 0 Å². The van der Waals surface area contributed by atoms with Crippen LogP contribution in [0.15, 0.2) is 6.20 Å². The fraction of sp³-hybridized carbons (Fsp3) is 0.700. The smallest absolute Gasteiger partial charge is 0.412 e. The lowest BCUT2D eigenvalue weighted by Crippen LogP contribution is -2.50. The zero-order valence-electron chi connectivity index (χ0n) is 17.1. The topological polar surface area (TPSA) is 108 Å². The van der Waals surface area contributed by atoms with Gasteiger partial charge in [-0.05, 0) is 44.9 Å². The summed E-state index contributed by atoms with van der Waals surface area (Å²) in [5.74, 6) is -0.539. The third-order valence-corrected chi connectivity index (χ3v) is 6.65. The van der Waals surface area contributed by atoms with Crippen LogP contribution in [-0.4, -0.2) is 70.9 Å². The van der Waals surface area contributed by atoms with Crippen LogP contribution in [0.1, 0.15) is 44.9 Å². The average molecular weight is 421 g/mol. The molecule has 2 amide bonds. The van der Waals surface area contributed by atoms with E-state index in [0.717, 1.165) is 57.7 Å². The zero-order valence-corrected chi connectivity index (χ0v) is 17.1. The van der Waals surface area contributed by atoms with Crippen molar-refractivity contribution < 1.29 is 23.8 Å². The molecule has 0 radical (unpaired) electrons. The second-order valence-corrected chi connectivity index (χ2v) is 8.50. The number of piperidine rings is 1. The second-order valence-electron chi connectivity index (χ2n) is 8.50. The summed E-state index contributed by atoms with van der Waals surface area (Å²) in [6.45, 7) is 1.86. The lowest BCUT2D eigenvalue weighted by molar-refractivity contribution is -0.139. The molecule has 10 heteroatoms. The first-order chi connectivity index (χ1) is 14.4. The van der Waals surface area contributed by atoms with Gasteiger partial charge in [0.05, 0.1) is 24.8 Å². The standard InChI is InChI=1S/C20H28FN5O4/c1-30-19(29)24-16-15(21)11-22-18(23-16)25-9-2-7-20(12-25)8-10-26(17(20)28)13-3-5-14(27)6-4-13/h11,13-14,27H,2-10,12H2,1H3,(H,22,23,24,29). The van der Waals surface area contributed by atoms with Gasteiger partial charge in [0.1, 0.15) is 0 Å². The first-order valence-electron chi connectivity index (χ1n) is 10.5. The number of amides is 2. The number of rotatable bonds is 3. The molecule has 2 aliphatic heterocycles. The Hall–Kier alpha value is -2.49. The second kappa shape index (κ2) is 8.33. The van der Waals surface area contributed by atoms with Crippen LogP contribution in [0, 0.1) is 11.2 Å². The van der Waals surface area contributed by atoms with Gasteiger partial charge in [-0.1, -0.05) is 0 Å². The van der Waals surface area contributed by atoms with Crippen molar-refractivity contribution in [3.05, 3.63) is 12.0 Å². The molecule has 1 aliphatic carbocycles. The monoisotopic (exact) mass is 421 g/mol. The van der Waals surface area contributed by atoms with Gasteiger partial charge in [-0.25, -0.2) is 14.2 Å². The van der Waals surface area contributed by atoms with E-state index >= 15 is 0 Å². The minimum atomic E-state index is -0.812. The Kier molecular flexibility index (Phi) is 5.77. The molecule has 0 aromatic carbocycles. The van der Waals surface area contributed by atoms with Gasteiger partial charge in [0.15, 0.2) is 11.6 Å². The van der Waals surface area contributed by atoms with Gasteiger partial charge in [-0.2, -0.15) is 4.98 Å². The number of carbonyl (C=O) groups is 2. The Balaban J connectivity index is 1.49. The van der Waals surface area contributed by atoms with Gasteiger partial charge in [0, 0.05) is 25.7 Å². The first-order valence-corrected chi connectivity index (χ1v) is 10.5. The van der Waals surface area contributed by atoms with Crippen molar-refractivity contribution in [2.24, 2.45) is 5.41 Å². The normalized spacial score (nSPS) is 29.4. The highest BCUT2D eigenvalue weighted by atomic mass is 19.1. The predicted octanol–water partition coefficient (Wildman–Crippen LogP) is 1.92. The molecule has 1 aromatic rings. The number of nitrogens with one attached hydrogen (secondary N) is 1. The quantitative estimate of drug-likeness (QED) is 0.768. The SMILES string of the molecule is COC(=O)Nc1nc(N2CCCC3(CCN(C4CCC(O)CC4)C3=O)C2)ncc1F. The molecule has 3 aliphatic rings. The molecule has 3 heterocycles. The molecule has 9 nitrogen and oxygen atoms in total. The van der Waals surface area contributed by atoms with Crippen molar-refractivity contribution in [1.29, 1.82) is 0 Å². The Labute approximate surface area is 174 Å². The van der Waals surface area contributed by atoms with Crippen LogP contribution < -0.4 is 10.2 Å². The van der Waals surface area contributed by atoms with E-state index in [1.807, 2.05) is 9.80 Å². The minimum Gasteiger partial charge on any atom is -0.453 e. The minimum absolute atomic E-state index is 0.170. The van der Waals surface area contributed by atoms with Crippen molar-refractivity contribution >= 4 is 23.8 Å². The number of halogens is 1. The Morgan fingerprint density at radius 1 is 1.30 bits per heavy atom. The van der Waals surface area contributed by atoms with Gasteiger partial charge in [0.2, 0.25) is 11.9 Å². The van der Waals surface area contributed by atoms with Crippen molar-refractivity contribution in [3.63, 3.8) is 0 Å². The molecule has 164 valence electrons. The van der Waals surface area contributed by atoms with E-state index in [9.17, 15) is 19.1 Å². The summed E-state index contributed by atoms with van der Waals surface area (Å²) >= 11 is 0. The predicted molar refractivity (Wildman–Crippen MR) is 106 cm³/mol. The summed E-state index contributed by atoms with van der Waals surface area (Å²) in [6, 6.07) is 0.202. The van der Waals surface area contributed by atoms with Crippen LogP contribution in [0.5, 0.6) is 0 Å². The molecule has 4 rings (SSSR count). The number of nitrogens with zero attached hydrogens (tertiary/aromatic N) is 4. The number of aliphatic hydroxyl groups excluding tert-OH is 1. The lowest BCUT2D eigenvalue weighted by atomic mass is 9.78. The molecular weight excluding hydrogens is 393 g/mol. The Morgan fingerprint density at radius 2 is 2.07 bits per heavy atom. The van der Waals surface area contributed by atoms with E-state index in [-0.39, 0.29) is 29.8 Å². The summed E-state index contributed by atoms with van der Waals surface area (Å²) in [7, 11) is 1.19. The maximum atomic E-state index is 14.0. The molecule has 30 heavy (non-hydrogen) atoms. The molecule has 3 fully saturated rings. The molecule has 1 aromatic heterocycles. The highest BCUT2D eigenvalue weighted by molar-refractivity contribution is 5.86. The van der Waals surface area contributed by atoms with Crippen LogP contribution in [0.2, 0.25) is 0 Å². The summed E-state index contributed by atoms with van der Waals surface area (Å²) in [5, 5.41) is 12.0. The average Bonchev–Trinajstić information content (AvgIpc) is 3.05. The molecule has 0 bridgehead atoms. The van der Waals surface area contributed by atoms with Gasteiger partial charge >= 0.3 is 6.09 Å². The molecule has 1 unspecified atom stereocenters. The molecular formula is C20H28FN5O4. The molecule has 1 saturated carbocycles. The third-order valence-electron chi connectivity index (χ3n) is 6.65. The van der Waals surface area contributed by atoms with E-state index in [1.165, 1.54) is 7.11 Å². The van der Waals surface area contributed by atoms with Gasteiger partial charge in [0.25, 0.3) is 0 Å². The number of ether oxygens (including phenoxy) is 1. The number of methoxy groups -OCH3 is 1. The Morgan fingerprint density at radius 3 is 2.80 bits per heavy atom. The fourth-order valence-electron chi connectivity index (χ4n) is 4.99. The van der Waals surface area contributed by atoms with Crippen molar-refractivity contribution in [3.8, 4) is 0 Å². The number of anilines is 2. The lowest BCUT2D eigenvalue weighted by Gasteiger charge is -2.40. The first kappa shape index (κ1) is 20.8. The number of aliphatic hydroxyl groups is 1. The van der Waals surface area contributed by atoms with E-state index < -0.39 is 17.3 Å². The highest BCUT2D eigenvalue weighted by Crippen LogP contribution is 2.43. The number of likely N-dealkylation sites (tertiary alicyclic amines) is 1. The van der Waals surface area contributed by atoms with Crippen LogP contribution in [0.4, 0.5) is 21.0 Å². The molecule has 2 N–H and O–H groups in total. The van der Waals surface area contributed by atoms with Crippen LogP contribution >= 0.6 is 0 Å². The van der Waals surface area contributed by atoms with Crippen LogP contribution in [-0.2, 0) is 9.53 Å². The summed E-state index contributed by atoms with van der Waals surface area (Å²) in [6.07, 6.45) is 5.52. The molecule has 2 saturated heterocycles. The highest BCUT2D eigenvalue weighted by Gasteiger charge is 2.51. The van der Waals surface area contributed by atoms with Crippen LogP contribution in [0.3, 0.4) is 0 Å². The summed E-state index contributed by atoms with van der Waals surface area (Å²) < 4.78 is 18.5. The fourth-order valence-corrected chi connectivity index (χ4v) is 4.99. The maximum Gasteiger partial charge on any atom is 0.412 e. The number of aromatic nitrogens is 2. The van der Waals surface area contributed by atoms with Crippen molar-refractivity contribution in [2.75, 3.05) is 37.0 Å². The zero-order chi connectivity index (χ0) is 21.3. The van der Waals surface area contributed by atoms with Gasteiger partial charge < -0.3 is 19.6 Å². The largest absolute Gasteiger partial charge is 0.453 e. The number of hydrogen-bond acceptors (Lipinski definition) is 7. The van der Waals surface area contributed by atoms with Crippen molar-refractivity contribution in [2.45, 2.75) is 57.1 Å². The van der Waals surface area contributed by atoms with E-state index in [0.29, 0.717) is 13.1 Å². The third kappa shape index (κ3) is 3.92. The Bertz CT molecular complexity index is 816. The van der Waals surface area contributed by atoms with Crippen LogP contribution in [0.25, 0.3) is 0 Å². The van der Waals surface area contributed by atoms with Gasteiger partial charge in [-0.15, -0.1) is 0 Å². The van der Waals surface area contributed by atoms with Gasteiger partial charge in [-0.3, -0.25) is 10.1 Å². The number of hydrogen-bond donors (Lipinski definition) is 2. The molecule has 1 spiro atoms. The van der Waals surface area contributed by atoms with E-state index in [1.54, 1.807) is 0 Å². The molecule has 1 atom stereocenters. The maximum absolute atomic E-state index is 14.0.